The number of nitrogens with zero attached hydrogens (tertiary/aromatic N) is 1. The van der Waals surface area contributed by atoms with Crippen molar-refractivity contribution in [2.45, 2.75) is 6.61 Å². The Balaban J connectivity index is 1.76. The first-order chi connectivity index (χ1) is 8.42. The van der Waals surface area contributed by atoms with Gasteiger partial charge < -0.3 is 4.74 Å². The molecule has 0 saturated heterocycles. The maximum absolute atomic E-state index is 5.74. The second-order valence-corrected chi connectivity index (χ2v) is 5.54. The highest BCUT2D eigenvalue weighted by Gasteiger charge is 2.09. The first-order valence-corrected chi connectivity index (χ1v) is 7.38. The van der Waals surface area contributed by atoms with E-state index in [0.29, 0.717) is 6.61 Å². The van der Waals surface area contributed by atoms with Gasteiger partial charge in [0.05, 0.1) is 0 Å². The second-order valence-electron chi connectivity index (χ2n) is 3.65. The molecule has 2 aromatic carbocycles. The highest BCUT2D eigenvalue weighted by molar-refractivity contribution is 7.69. The van der Waals surface area contributed by atoms with E-state index in [1.807, 2.05) is 30.3 Å². The number of fused-ring (bicyclic) bond motifs is 1. The summed E-state index contributed by atoms with van der Waals surface area (Å²) in [7, 11) is 3.20. The van der Waals surface area contributed by atoms with E-state index in [-0.39, 0.29) is 0 Å². The van der Waals surface area contributed by atoms with Gasteiger partial charge in [-0.1, -0.05) is 30.3 Å². The Morgan fingerprint density at radius 2 is 2.00 bits per heavy atom. The van der Waals surface area contributed by atoms with Gasteiger partial charge in [-0.3, -0.25) is 0 Å². The molecule has 0 aliphatic heterocycles. The minimum absolute atomic E-state index is 0.597. The number of hydrogen-bond donors (Lipinski definition) is 0. The van der Waals surface area contributed by atoms with Gasteiger partial charge in [-0.05, 0) is 11.6 Å². The zero-order valence-electron chi connectivity index (χ0n) is 9.00. The molecule has 0 radical (unpaired) electrons. The third-order valence-electron chi connectivity index (χ3n) is 2.44. The fraction of sp³-hybridized carbons (Fsp3) is 0.0769. The number of rotatable bonds is 3. The van der Waals surface area contributed by atoms with Crippen molar-refractivity contribution in [2.75, 3.05) is 0 Å². The molecular weight excluding hydrogens is 250 g/mol. The van der Waals surface area contributed by atoms with E-state index in [2.05, 4.69) is 22.6 Å². The molecule has 84 valence electrons. The van der Waals surface area contributed by atoms with Crippen LogP contribution in [0.5, 0.6) is 5.75 Å². The third-order valence-corrected chi connectivity index (χ3v) is 4.30. The lowest BCUT2D eigenvalue weighted by Crippen LogP contribution is -1.94. The molecule has 2 nitrogen and oxygen atoms in total. The molecule has 1 heterocycles. The molecule has 0 spiro atoms. The average Bonchev–Trinajstić information content (AvgIpc) is 2.85. The Kier molecular flexibility index (Phi) is 2.98. The number of aromatic nitrogens is 1. The van der Waals surface area contributed by atoms with Gasteiger partial charge in [-0.25, -0.2) is 0 Å². The van der Waals surface area contributed by atoms with Crippen LogP contribution in [-0.2, 0) is 6.61 Å². The highest BCUT2D eigenvalue weighted by atomic mass is 32.9. The van der Waals surface area contributed by atoms with E-state index < -0.39 is 0 Å². The second kappa shape index (κ2) is 4.77. The molecular formula is C13H10NOS2+. The van der Waals surface area contributed by atoms with Crippen LogP contribution in [0.2, 0.25) is 0 Å². The van der Waals surface area contributed by atoms with E-state index in [4.69, 9.17) is 4.74 Å². The largest absolute Gasteiger partial charge is 0.489 e. The normalized spacial score (nSPS) is 10.6. The van der Waals surface area contributed by atoms with Gasteiger partial charge in [-0.15, -0.1) is 4.37 Å². The summed E-state index contributed by atoms with van der Waals surface area (Å²) in [4.78, 5) is 0. The molecule has 0 N–H and O–H groups in total. The standard InChI is InChI=1S/C13H10NOS2/c1-2-4-10(5-3-1)9-15-11-6-7-13-12(8-11)14-17-16-13/h1-8H,9H2/q+1. The van der Waals surface area contributed by atoms with Crippen molar-refractivity contribution in [3.63, 3.8) is 0 Å². The van der Waals surface area contributed by atoms with Crippen molar-refractivity contribution in [3.05, 3.63) is 54.1 Å². The molecule has 0 fully saturated rings. The van der Waals surface area contributed by atoms with Crippen molar-refractivity contribution >= 4 is 31.1 Å². The van der Waals surface area contributed by atoms with Crippen LogP contribution in [0.3, 0.4) is 0 Å². The molecule has 0 amide bonds. The van der Waals surface area contributed by atoms with E-state index in [9.17, 15) is 0 Å². The quantitative estimate of drug-likeness (QED) is 0.519. The Hall–Kier alpha value is -1.52. The Morgan fingerprint density at radius 1 is 1.12 bits per heavy atom. The van der Waals surface area contributed by atoms with Crippen molar-refractivity contribution < 1.29 is 4.74 Å². The van der Waals surface area contributed by atoms with Crippen LogP contribution in [-0.4, -0.2) is 4.37 Å². The van der Waals surface area contributed by atoms with Gasteiger partial charge in [0.15, 0.2) is 5.52 Å². The van der Waals surface area contributed by atoms with Gasteiger partial charge in [-0.2, -0.15) is 0 Å². The van der Waals surface area contributed by atoms with Crippen molar-refractivity contribution in [1.29, 1.82) is 0 Å². The number of hydrogen-bond acceptors (Lipinski definition) is 3. The maximum Gasteiger partial charge on any atom is 0.323 e. The minimum atomic E-state index is 0.597. The van der Waals surface area contributed by atoms with Crippen LogP contribution in [0.1, 0.15) is 5.56 Å². The van der Waals surface area contributed by atoms with E-state index in [1.165, 1.54) is 20.8 Å². The highest BCUT2D eigenvalue weighted by Crippen LogP contribution is 2.26. The summed E-state index contributed by atoms with van der Waals surface area (Å²) in [6, 6.07) is 16.2. The summed E-state index contributed by atoms with van der Waals surface area (Å²) in [5.41, 5.74) is 2.19. The topological polar surface area (TPSA) is 22.1 Å². The van der Waals surface area contributed by atoms with Gasteiger partial charge in [0, 0.05) is 12.1 Å². The van der Waals surface area contributed by atoms with Crippen LogP contribution in [0.4, 0.5) is 0 Å². The van der Waals surface area contributed by atoms with Crippen LogP contribution in [0.25, 0.3) is 10.2 Å². The summed E-state index contributed by atoms with van der Waals surface area (Å²) in [5.74, 6) is 0.874. The summed E-state index contributed by atoms with van der Waals surface area (Å²) in [5, 5.41) is 0. The van der Waals surface area contributed by atoms with Gasteiger partial charge in [0.1, 0.15) is 12.4 Å². The minimum Gasteiger partial charge on any atom is -0.489 e. The molecule has 17 heavy (non-hydrogen) atoms. The van der Waals surface area contributed by atoms with E-state index in [1.54, 1.807) is 10.3 Å². The van der Waals surface area contributed by atoms with Crippen LogP contribution >= 0.6 is 20.9 Å². The van der Waals surface area contributed by atoms with Crippen molar-refractivity contribution in [1.82, 2.24) is 4.37 Å². The lowest BCUT2D eigenvalue weighted by molar-refractivity contribution is 0.306. The van der Waals surface area contributed by atoms with Gasteiger partial charge in [0.25, 0.3) is 15.2 Å². The SMILES string of the molecule is c1ccc(COc2ccc3[s+]snc3c2)cc1. The molecule has 0 aliphatic rings. The van der Waals surface area contributed by atoms with E-state index >= 15 is 0 Å². The maximum atomic E-state index is 5.74. The molecule has 3 aromatic rings. The fourth-order valence-electron chi connectivity index (χ4n) is 1.57. The summed E-state index contributed by atoms with van der Waals surface area (Å²) < 4.78 is 11.3. The summed E-state index contributed by atoms with van der Waals surface area (Å²) in [6.07, 6.45) is 0. The molecule has 3 rings (SSSR count). The first kappa shape index (κ1) is 10.6. The van der Waals surface area contributed by atoms with Crippen LogP contribution in [0, 0.1) is 0 Å². The molecule has 0 atom stereocenters. The van der Waals surface area contributed by atoms with Gasteiger partial charge in [0.2, 0.25) is 0 Å². The zero-order valence-corrected chi connectivity index (χ0v) is 10.6. The van der Waals surface area contributed by atoms with Crippen LogP contribution < -0.4 is 4.74 Å². The average molecular weight is 260 g/mol. The third kappa shape index (κ3) is 2.43. The number of benzene rings is 2. The summed E-state index contributed by atoms with van der Waals surface area (Å²) >= 11 is 0. The Bertz CT molecular complexity index is 621. The Labute approximate surface area is 107 Å². The molecule has 4 heteroatoms. The molecule has 0 aliphatic carbocycles. The molecule has 1 aromatic heterocycles. The monoisotopic (exact) mass is 260 g/mol. The van der Waals surface area contributed by atoms with Crippen molar-refractivity contribution in [2.24, 2.45) is 0 Å². The Morgan fingerprint density at radius 3 is 2.88 bits per heavy atom. The zero-order chi connectivity index (χ0) is 11.5. The predicted octanol–water partition coefficient (Wildman–Crippen LogP) is 4.22. The molecule has 0 saturated carbocycles. The lowest BCUT2D eigenvalue weighted by atomic mass is 10.2. The van der Waals surface area contributed by atoms with Gasteiger partial charge >= 0.3 is 10.3 Å². The smallest absolute Gasteiger partial charge is 0.323 e. The van der Waals surface area contributed by atoms with Crippen LogP contribution in [0.15, 0.2) is 48.5 Å². The van der Waals surface area contributed by atoms with E-state index in [0.717, 1.165) is 11.3 Å². The van der Waals surface area contributed by atoms with Crippen molar-refractivity contribution in [3.8, 4) is 5.75 Å². The summed E-state index contributed by atoms with van der Waals surface area (Å²) in [6.45, 7) is 0.597. The predicted molar refractivity (Wildman–Crippen MR) is 72.7 cm³/mol. The first-order valence-electron chi connectivity index (χ1n) is 5.27. The fourth-order valence-corrected chi connectivity index (χ4v) is 3.31. The molecule has 0 unspecified atom stereocenters. The number of ether oxygens (including phenoxy) is 1. The molecule has 0 bridgehead atoms. The lowest BCUT2D eigenvalue weighted by Gasteiger charge is -2.04.